The van der Waals surface area contributed by atoms with Crippen molar-refractivity contribution in [2.24, 2.45) is 0 Å². The molecule has 0 aromatic carbocycles. The van der Waals surface area contributed by atoms with E-state index in [0.29, 0.717) is 6.04 Å². The summed E-state index contributed by atoms with van der Waals surface area (Å²) in [6.45, 7) is 6.58. The van der Waals surface area contributed by atoms with Crippen LogP contribution in [-0.2, 0) is 6.54 Å². The zero-order valence-corrected chi connectivity index (χ0v) is 11.5. The van der Waals surface area contributed by atoms with E-state index in [9.17, 15) is 0 Å². The molecule has 1 fully saturated rings. The highest BCUT2D eigenvalue weighted by Crippen LogP contribution is 2.14. The summed E-state index contributed by atoms with van der Waals surface area (Å²) in [7, 11) is 0. The molecule has 0 radical (unpaired) electrons. The number of aromatic nitrogens is 2. The summed E-state index contributed by atoms with van der Waals surface area (Å²) in [4.78, 5) is 7.18. The predicted molar refractivity (Wildman–Crippen MR) is 77.2 cm³/mol. The van der Waals surface area contributed by atoms with Crippen molar-refractivity contribution in [2.75, 3.05) is 19.6 Å². The summed E-state index contributed by atoms with van der Waals surface area (Å²) in [6.07, 6.45) is 6.71. The number of piperidine rings is 1. The fourth-order valence-corrected chi connectivity index (χ4v) is 2.88. The van der Waals surface area contributed by atoms with Gasteiger partial charge in [0.1, 0.15) is 5.65 Å². The van der Waals surface area contributed by atoms with Crippen molar-refractivity contribution in [1.82, 2.24) is 19.6 Å². The van der Waals surface area contributed by atoms with Crippen molar-refractivity contribution in [3.63, 3.8) is 0 Å². The first-order valence-corrected chi connectivity index (χ1v) is 7.23. The summed E-state index contributed by atoms with van der Waals surface area (Å²) >= 11 is 0. The highest BCUT2D eigenvalue weighted by atomic mass is 15.2. The number of hydrogen-bond donors (Lipinski definition) is 1. The van der Waals surface area contributed by atoms with Crippen LogP contribution in [-0.4, -0.2) is 40.0 Å². The van der Waals surface area contributed by atoms with Crippen LogP contribution < -0.4 is 5.32 Å². The zero-order chi connectivity index (χ0) is 13.1. The minimum Gasteiger partial charge on any atom is -0.314 e. The quantitative estimate of drug-likeness (QED) is 0.909. The van der Waals surface area contributed by atoms with Gasteiger partial charge in [-0.3, -0.25) is 4.90 Å². The molecule has 4 nitrogen and oxygen atoms in total. The summed E-state index contributed by atoms with van der Waals surface area (Å²) in [5.74, 6) is 0. The van der Waals surface area contributed by atoms with E-state index in [4.69, 9.17) is 0 Å². The van der Waals surface area contributed by atoms with Gasteiger partial charge in [0, 0.05) is 38.1 Å². The van der Waals surface area contributed by atoms with Crippen LogP contribution in [0.1, 0.15) is 25.5 Å². The van der Waals surface area contributed by atoms with Crippen molar-refractivity contribution in [3.8, 4) is 0 Å². The molecule has 2 aromatic heterocycles. The first kappa shape index (κ1) is 12.6. The molecule has 1 aliphatic heterocycles. The number of likely N-dealkylation sites (tertiary alicyclic amines) is 1. The van der Waals surface area contributed by atoms with Gasteiger partial charge in [-0.2, -0.15) is 0 Å². The molecule has 102 valence electrons. The summed E-state index contributed by atoms with van der Waals surface area (Å²) in [5.41, 5.74) is 2.22. The van der Waals surface area contributed by atoms with Crippen LogP contribution in [0.2, 0.25) is 0 Å². The smallest absolute Gasteiger partial charge is 0.137 e. The van der Waals surface area contributed by atoms with Crippen LogP contribution in [0.4, 0.5) is 0 Å². The molecule has 0 atom stereocenters. The Balaban J connectivity index is 1.60. The maximum Gasteiger partial charge on any atom is 0.137 e. The summed E-state index contributed by atoms with van der Waals surface area (Å²) < 4.78 is 2.10. The molecule has 0 amide bonds. The largest absolute Gasteiger partial charge is 0.314 e. The average molecular weight is 258 g/mol. The van der Waals surface area contributed by atoms with E-state index in [2.05, 4.69) is 45.0 Å². The van der Waals surface area contributed by atoms with Gasteiger partial charge in [-0.05, 0) is 31.5 Å². The lowest BCUT2D eigenvalue weighted by atomic mass is 10.1. The number of hydrogen-bond acceptors (Lipinski definition) is 3. The van der Waals surface area contributed by atoms with Crippen molar-refractivity contribution < 1.29 is 0 Å². The normalized spacial score (nSPS) is 18.2. The number of rotatable bonds is 4. The molecule has 1 saturated heterocycles. The molecule has 3 heterocycles. The third kappa shape index (κ3) is 2.96. The van der Waals surface area contributed by atoms with Crippen LogP contribution in [0.25, 0.3) is 5.65 Å². The van der Waals surface area contributed by atoms with Gasteiger partial charge in [-0.25, -0.2) is 4.98 Å². The van der Waals surface area contributed by atoms with Crippen molar-refractivity contribution in [3.05, 3.63) is 36.3 Å². The Labute approximate surface area is 114 Å². The Kier molecular flexibility index (Phi) is 3.80. The molecule has 1 N–H and O–H groups in total. The van der Waals surface area contributed by atoms with Gasteiger partial charge < -0.3 is 9.72 Å². The molecule has 0 aliphatic carbocycles. The van der Waals surface area contributed by atoms with E-state index in [1.54, 1.807) is 0 Å². The topological polar surface area (TPSA) is 32.6 Å². The number of fused-ring (bicyclic) bond motifs is 1. The van der Waals surface area contributed by atoms with E-state index in [1.165, 1.54) is 31.6 Å². The standard InChI is InChI=1S/C15H22N4/c1-2-16-13-6-9-18(10-7-13)11-14-12-19-8-4-3-5-15(19)17-14/h3-5,8,12-13,16H,2,6-7,9-11H2,1H3. The molecule has 0 spiro atoms. The van der Waals surface area contributed by atoms with Gasteiger partial charge in [-0.1, -0.05) is 13.0 Å². The van der Waals surface area contributed by atoms with E-state index in [0.717, 1.165) is 18.7 Å². The second kappa shape index (κ2) is 5.72. The monoisotopic (exact) mass is 258 g/mol. The molecule has 0 bridgehead atoms. The molecule has 3 rings (SSSR count). The van der Waals surface area contributed by atoms with Crippen molar-refractivity contribution >= 4 is 5.65 Å². The van der Waals surface area contributed by atoms with Crippen LogP contribution in [0.15, 0.2) is 30.6 Å². The summed E-state index contributed by atoms with van der Waals surface area (Å²) in [6, 6.07) is 6.84. The summed E-state index contributed by atoms with van der Waals surface area (Å²) in [5, 5.41) is 3.54. The fourth-order valence-electron chi connectivity index (χ4n) is 2.88. The minimum absolute atomic E-state index is 0.710. The maximum absolute atomic E-state index is 4.67. The number of pyridine rings is 1. The Morgan fingerprint density at radius 1 is 1.32 bits per heavy atom. The van der Waals surface area contributed by atoms with E-state index >= 15 is 0 Å². The molecule has 1 aliphatic rings. The van der Waals surface area contributed by atoms with Crippen molar-refractivity contribution in [2.45, 2.75) is 32.4 Å². The lowest BCUT2D eigenvalue weighted by molar-refractivity contribution is 0.190. The van der Waals surface area contributed by atoms with Crippen LogP contribution >= 0.6 is 0 Å². The van der Waals surface area contributed by atoms with Crippen LogP contribution in [0.5, 0.6) is 0 Å². The van der Waals surface area contributed by atoms with E-state index < -0.39 is 0 Å². The average Bonchev–Trinajstić information content (AvgIpc) is 2.83. The number of imidazole rings is 1. The second-order valence-electron chi connectivity index (χ2n) is 5.31. The highest BCUT2D eigenvalue weighted by molar-refractivity contribution is 5.39. The fraction of sp³-hybridized carbons (Fsp3) is 0.533. The Morgan fingerprint density at radius 3 is 2.89 bits per heavy atom. The highest BCUT2D eigenvalue weighted by Gasteiger charge is 2.18. The van der Waals surface area contributed by atoms with Crippen LogP contribution in [0.3, 0.4) is 0 Å². The minimum atomic E-state index is 0.710. The molecule has 4 heteroatoms. The molecule has 19 heavy (non-hydrogen) atoms. The maximum atomic E-state index is 4.67. The number of nitrogens with one attached hydrogen (secondary N) is 1. The molecular weight excluding hydrogens is 236 g/mol. The Bertz CT molecular complexity index is 493. The van der Waals surface area contributed by atoms with Gasteiger partial charge in [0.15, 0.2) is 0 Å². The zero-order valence-electron chi connectivity index (χ0n) is 11.5. The van der Waals surface area contributed by atoms with Gasteiger partial charge >= 0.3 is 0 Å². The SMILES string of the molecule is CCNC1CCN(Cc2cn3ccccc3n2)CC1. The van der Waals surface area contributed by atoms with Gasteiger partial charge in [0.25, 0.3) is 0 Å². The molecule has 2 aromatic rings. The van der Waals surface area contributed by atoms with Gasteiger partial charge in [-0.15, -0.1) is 0 Å². The number of nitrogens with zero attached hydrogens (tertiary/aromatic N) is 3. The van der Waals surface area contributed by atoms with Gasteiger partial charge in [0.05, 0.1) is 5.69 Å². The van der Waals surface area contributed by atoms with Crippen LogP contribution in [0, 0.1) is 0 Å². The Morgan fingerprint density at radius 2 is 2.16 bits per heavy atom. The van der Waals surface area contributed by atoms with E-state index in [-0.39, 0.29) is 0 Å². The lowest BCUT2D eigenvalue weighted by Crippen LogP contribution is -2.42. The first-order chi connectivity index (χ1) is 9.35. The first-order valence-electron chi connectivity index (χ1n) is 7.23. The molecule has 0 saturated carbocycles. The third-order valence-electron chi connectivity index (χ3n) is 3.88. The van der Waals surface area contributed by atoms with E-state index in [1.807, 2.05) is 12.1 Å². The third-order valence-corrected chi connectivity index (χ3v) is 3.88. The van der Waals surface area contributed by atoms with Crippen molar-refractivity contribution in [1.29, 1.82) is 0 Å². The predicted octanol–water partition coefficient (Wildman–Crippen LogP) is 1.91. The Hall–Kier alpha value is -1.39. The second-order valence-corrected chi connectivity index (χ2v) is 5.31. The molecule has 0 unspecified atom stereocenters. The lowest BCUT2D eigenvalue weighted by Gasteiger charge is -2.31. The van der Waals surface area contributed by atoms with Gasteiger partial charge in [0.2, 0.25) is 0 Å². The molecular formula is C15H22N4.